The summed E-state index contributed by atoms with van der Waals surface area (Å²) >= 11 is 1.56. The number of carbonyl (C=O) groups is 2. The Bertz CT molecular complexity index is 1070. The van der Waals surface area contributed by atoms with E-state index >= 15 is 0 Å². The Balaban J connectivity index is 1.82. The summed E-state index contributed by atoms with van der Waals surface area (Å²) in [5, 5.41) is 12.4. The van der Waals surface area contributed by atoms with Crippen LogP contribution in [0.5, 0.6) is 0 Å². The van der Waals surface area contributed by atoms with Crippen LogP contribution < -0.4 is 5.32 Å². The van der Waals surface area contributed by atoms with Crippen molar-refractivity contribution in [1.82, 2.24) is 5.32 Å². The highest BCUT2D eigenvalue weighted by Crippen LogP contribution is 2.32. The van der Waals surface area contributed by atoms with Crippen LogP contribution in [0.2, 0.25) is 0 Å². The molecule has 2 aromatic rings. The van der Waals surface area contributed by atoms with Crippen molar-refractivity contribution in [1.29, 1.82) is 0 Å². The van der Waals surface area contributed by atoms with E-state index in [0.717, 1.165) is 35.3 Å². The van der Waals surface area contributed by atoms with Gasteiger partial charge in [-0.2, -0.15) is 11.8 Å². The highest BCUT2D eigenvalue weighted by atomic mass is 32.2. The smallest absolute Gasteiger partial charge is 0.326 e. The first kappa shape index (κ1) is 31.2. The monoisotopic (exact) mass is 555 g/mol. The van der Waals surface area contributed by atoms with E-state index in [1.807, 2.05) is 49.6 Å². The van der Waals surface area contributed by atoms with Crippen LogP contribution in [0.25, 0.3) is 11.1 Å². The van der Waals surface area contributed by atoms with Gasteiger partial charge in [0.05, 0.1) is 18.8 Å². The summed E-state index contributed by atoms with van der Waals surface area (Å²) in [6, 6.07) is 12.7. The third-order valence-electron chi connectivity index (χ3n) is 7.58. The molecule has 1 amide bonds. The lowest BCUT2D eigenvalue weighted by Crippen LogP contribution is -2.41. The summed E-state index contributed by atoms with van der Waals surface area (Å²) in [5.41, 5.74) is 4.19. The molecule has 1 aliphatic rings. The first-order valence-corrected chi connectivity index (χ1v) is 15.7. The van der Waals surface area contributed by atoms with Crippen LogP contribution in [-0.2, 0) is 20.9 Å². The second kappa shape index (κ2) is 16.0. The Morgan fingerprint density at radius 1 is 1.08 bits per heavy atom. The van der Waals surface area contributed by atoms with Gasteiger partial charge in [0, 0.05) is 12.2 Å². The standard InChI is InChI=1S/C32H45NO5S/c1-5-18-37-30(25-12-7-6-8-13-25)23(3)38-21-24-15-16-27(28(20-24)26-14-10-9-11-22(26)2)31(34)33-29(32(35)36)17-19-39-4/h9-11,14-16,20,23,25,29-30H,5-8,12-13,17-19,21H2,1-4H3,(H,33,34)(H,35,36)/t23?,29-,30-/m0/s1. The Morgan fingerprint density at radius 2 is 1.82 bits per heavy atom. The van der Waals surface area contributed by atoms with Crippen molar-refractivity contribution < 1.29 is 24.2 Å². The van der Waals surface area contributed by atoms with Gasteiger partial charge < -0.3 is 19.9 Å². The van der Waals surface area contributed by atoms with Crippen LogP contribution in [0.3, 0.4) is 0 Å². The van der Waals surface area contributed by atoms with Crippen molar-refractivity contribution in [2.75, 3.05) is 18.6 Å². The minimum absolute atomic E-state index is 0.0442. The number of aliphatic carboxylic acids is 1. The van der Waals surface area contributed by atoms with E-state index in [9.17, 15) is 14.7 Å². The highest BCUT2D eigenvalue weighted by Gasteiger charge is 2.30. The fourth-order valence-electron chi connectivity index (χ4n) is 5.40. The summed E-state index contributed by atoms with van der Waals surface area (Å²) in [5.74, 6) is -0.220. The molecule has 1 fully saturated rings. The number of carboxylic acid groups (broad SMARTS) is 1. The molecule has 6 nitrogen and oxygen atoms in total. The molecule has 39 heavy (non-hydrogen) atoms. The van der Waals surface area contributed by atoms with E-state index in [-0.39, 0.29) is 18.1 Å². The van der Waals surface area contributed by atoms with Gasteiger partial charge in [0.25, 0.3) is 5.91 Å². The molecule has 0 saturated heterocycles. The summed E-state index contributed by atoms with van der Waals surface area (Å²) in [4.78, 5) is 25.1. The minimum Gasteiger partial charge on any atom is -0.480 e. The number of benzene rings is 2. The minimum atomic E-state index is -1.02. The van der Waals surface area contributed by atoms with Gasteiger partial charge in [-0.25, -0.2) is 4.79 Å². The van der Waals surface area contributed by atoms with E-state index in [0.29, 0.717) is 30.3 Å². The summed E-state index contributed by atoms with van der Waals surface area (Å²) in [6.45, 7) is 7.41. The van der Waals surface area contributed by atoms with Gasteiger partial charge >= 0.3 is 5.97 Å². The first-order valence-electron chi connectivity index (χ1n) is 14.3. The fourth-order valence-corrected chi connectivity index (χ4v) is 5.87. The second-order valence-electron chi connectivity index (χ2n) is 10.6. The van der Waals surface area contributed by atoms with Gasteiger partial charge in [0.1, 0.15) is 6.04 Å². The number of hydrogen-bond donors (Lipinski definition) is 2. The molecular weight excluding hydrogens is 510 g/mol. The molecule has 2 aromatic carbocycles. The zero-order valence-corrected chi connectivity index (χ0v) is 24.7. The average molecular weight is 556 g/mol. The number of ether oxygens (including phenoxy) is 2. The normalized spacial score (nSPS) is 16.4. The summed E-state index contributed by atoms with van der Waals surface area (Å²) in [7, 11) is 0. The molecule has 1 aliphatic carbocycles. The number of thioether (sulfide) groups is 1. The third-order valence-corrected chi connectivity index (χ3v) is 8.23. The second-order valence-corrected chi connectivity index (χ2v) is 11.6. The lowest BCUT2D eigenvalue weighted by Gasteiger charge is -2.34. The Labute approximate surface area is 238 Å². The highest BCUT2D eigenvalue weighted by molar-refractivity contribution is 7.98. The van der Waals surface area contributed by atoms with Gasteiger partial charge in [-0.05, 0) is 91.8 Å². The molecule has 214 valence electrons. The Morgan fingerprint density at radius 3 is 2.49 bits per heavy atom. The molecular formula is C32H45NO5S. The van der Waals surface area contributed by atoms with Crippen molar-refractivity contribution in [3.63, 3.8) is 0 Å². The lowest BCUT2D eigenvalue weighted by molar-refractivity contribution is -0.139. The maximum absolute atomic E-state index is 13.3. The van der Waals surface area contributed by atoms with Crippen molar-refractivity contribution >= 4 is 23.6 Å². The molecule has 0 bridgehead atoms. The summed E-state index contributed by atoms with van der Waals surface area (Å²) < 4.78 is 12.7. The topological polar surface area (TPSA) is 84.9 Å². The first-order chi connectivity index (χ1) is 18.8. The lowest BCUT2D eigenvalue weighted by atomic mass is 9.83. The van der Waals surface area contributed by atoms with Crippen molar-refractivity contribution in [3.8, 4) is 11.1 Å². The Hall–Kier alpha value is -2.35. The van der Waals surface area contributed by atoms with Crippen LogP contribution in [0.4, 0.5) is 0 Å². The average Bonchev–Trinajstić information content (AvgIpc) is 2.94. The van der Waals surface area contributed by atoms with Crippen LogP contribution in [0.1, 0.15) is 80.3 Å². The van der Waals surface area contributed by atoms with Crippen LogP contribution in [0.15, 0.2) is 42.5 Å². The zero-order valence-electron chi connectivity index (χ0n) is 23.9. The summed E-state index contributed by atoms with van der Waals surface area (Å²) in [6.07, 6.45) is 9.52. The van der Waals surface area contributed by atoms with Crippen molar-refractivity contribution in [3.05, 3.63) is 59.2 Å². The van der Waals surface area contributed by atoms with E-state index < -0.39 is 12.0 Å². The molecule has 0 radical (unpaired) electrons. The van der Waals surface area contributed by atoms with Crippen LogP contribution >= 0.6 is 11.8 Å². The predicted octanol–water partition coefficient (Wildman–Crippen LogP) is 6.88. The van der Waals surface area contributed by atoms with Crippen molar-refractivity contribution in [2.24, 2.45) is 5.92 Å². The maximum atomic E-state index is 13.3. The number of nitrogens with one attached hydrogen (secondary N) is 1. The Kier molecular flexibility index (Phi) is 12.8. The molecule has 0 heterocycles. The largest absolute Gasteiger partial charge is 0.480 e. The van der Waals surface area contributed by atoms with Gasteiger partial charge in [0.2, 0.25) is 0 Å². The number of carboxylic acids is 1. The number of aryl methyl sites for hydroxylation is 1. The SMILES string of the molecule is CCCO[C@H](C1CCCCC1)C(C)OCc1ccc(C(=O)N[C@@H](CCSC)C(=O)O)c(-c2ccccc2C)c1. The number of carbonyl (C=O) groups excluding carboxylic acids is 1. The maximum Gasteiger partial charge on any atom is 0.326 e. The van der Waals surface area contributed by atoms with E-state index in [1.54, 1.807) is 17.8 Å². The third kappa shape index (κ3) is 9.09. The number of amides is 1. The molecule has 3 rings (SSSR count). The van der Waals surface area contributed by atoms with Gasteiger partial charge in [-0.15, -0.1) is 0 Å². The van der Waals surface area contributed by atoms with Crippen LogP contribution in [-0.4, -0.2) is 53.8 Å². The van der Waals surface area contributed by atoms with E-state index in [2.05, 4.69) is 19.2 Å². The van der Waals surface area contributed by atoms with Crippen LogP contribution in [0, 0.1) is 12.8 Å². The molecule has 1 unspecified atom stereocenters. The molecule has 0 aromatic heterocycles. The van der Waals surface area contributed by atoms with Gasteiger partial charge in [0.15, 0.2) is 0 Å². The molecule has 3 atom stereocenters. The van der Waals surface area contributed by atoms with E-state index in [1.165, 1.54) is 32.1 Å². The van der Waals surface area contributed by atoms with Gasteiger partial charge in [-0.1, -0.05) is 56.5 Å². The fraction of sp³-hybridized carbons (Fsp3) is 0.562. The molecule has 0 spiro atoms. The predicted molar refractivity (Wildman–Crippen MR) is 159 cm³/mol. The molecule has 7 heteroatoms. The quantitative estimate of drug-likeness (QED) is 0.249. The number of hydrogen-bond acceptors (Lipinski definition) is 5. The molecule has 2 N–H and O–H groups in total. The van der Waals surface area contributed by atoms with Crippen molar-refractivity contribution in [2.45, 2.75) is 90.6 Å². The van der Waals surface area contributed by atoms with E-state index in [4.69, 9.17) is 9.47 Å². The van der Waals surface area contributed by atoms with Gasteiger partial charge in [-0.3, -0.25) is 4.79 Å². The molecule has 1 saturated carbocycles. The zero-order chi connectivity index (χ0) is 28.2. The molecule has 0 aliphatic heterocycles. The number of rotatable bonds is 15.